The van der Waals surface area contributed by atoms with E-state index in [0.717, 1.165) is 6.33 Å². The second-order valence-electron chi connectivity index (χ2n) is 5.99. The Morgan fingerprint density at radius 3 is 2.48 bits per heavy atom. The fraction of sp³-hybridized carbons (Fsp3) is 0.167. The number of anilines is 1. The molecule has 0 unspecified atom stereocenters. The molecule has 31 heavy (non-hydrogen) atoms. The van der Waals surface area contributed by atoms with Gasteiger partial charge in [-0.05, 0) is 29.7 Å². The van der Waals surface area contributed by atoms with Crippen LogP contribution in [0.2, 0.25) is 0 Å². The van der Waals surface area contributed by atoms with Crippen LogP contribution in [0.25, 0.3) is 0 Å². The van der Waals surface area contributed by atoms with E-state index in [1.54, 1.807) is 0 Å². The molecule has 0 atom stereocenters. The first-order valence-corrected chi connectivity index (χ1v) is 10.6. The number of carbonyl (C=O) groups is 1. The number of ether oxygens (including phenoxy) is 2. The van der Waals surface area contributed by atoms with Gasteiger partial charge in [-0.25, -0.2) is 18.6 Å². The third-order valence-corrected chi connectivity index (χ3v) is 6.97. The van der Waals surface area contributed by atoms with Crippen LogP contribution in [-0.2, 0) is 16.6 Å². The Morgan fingerprint density at radius 2 is 1.90 bits per heavy atom. The van der Waals surface area contributed by atoms with E-state index in [1.807, 2.05) is 0 Å². The summed E-state index contributed by atoms with van der Waals surface area (Å²) in [6.07, 6.45) is 1.01. The highest BCUT2D eigenvalue weighted by Crippen LogP contribution is 2.33. The lowest BCUT2D eigenvalue weighted by atomic mass is 10.1. The Hall–Kier alpha value is -3.32. The quantitative estimate of drug-likeness (QED) is 0.533. The lowest BCUT2D eigenvalue weighted by Gasteiger charge is -2.25. The zero-order valence-electron chi connectivity index (χ0n) is 16.1. The Morgan fingerprint density at radius 1 is 1.16 bits per heavy atom. The normalized spacial score (nSPS) is 11.2. The summed E-state index contributed by atoms with van der Waals surface area (Å²) < 4.78 is 69.6. The average molecular weight is 471 g/mol. The van der Waals surface area contributed by atoms with Gasteiger partial charge in [-0.1, -0.05) is 0 Å². The molecule has 0 aliphatic rings. The van der Waals surface area contributed by atoms with Crippen molar-refractivity contribution in [3.63, 3.8) is 0 Å². The SMILES string of the molecule is COc1ccc(CN(c2cc(F)c(C(=O)O)cc2F)S(=O)(=O)c2ncns2)c(OC)c1. The number of benzene rings is 2. The smallest absolute Gasteiger partial charge is 0.338 e. The van der Waals surface area contributed by atoms with E-state index in [4.69, 9.17) is 14.6 Å². The van der Waals surface area contributed by atoms with Crippen LogP contribution < -0.4 is 13.8 Å². The molecule has 0 bridgehead atoms. The summed E-state index contributed by atoms with van der Waals surface area (Å²) in [5.74, 6) is -3.58. The van der Waals surface area contributed by atoms with Crippen molar-refractivity contribution in [3.05, 3.63) is 59.4 Å². The monoisotopic (exact) mass is 471 g/mol. The Bertz CT molecular complexity index is 1220. The van der Waals surface area contributed by atoms with Crippen LogP contribution in [0.5, 0.6) is 11.5 Å². The van der Waals surface area contributed by atoms with Gasteiger partial charge in [0.25, 0.3) is 10.0 Å². The maximum Gasteiger partial charge on any atom is 0.338 e. The zero-order valence-corrected chi connectivity index (χ0v) is 17.7. The molecule has 1 aromatic heterocycles. The minimum Gasteiger partial charge on any atom is -0.497 e. The van der Waals surface area contributed by atoms with E-state index in [0.29, 0.717) is 39.3 Å². The molecule has 0 saturated heterocycles. The molecule has 1 N–H and O–H groups in total. The van der Waals surface area contributed by atoms with Crippen LogP contribution >= 0.6 is 11.5 Å². The maximum absolute atomic E-state index is 14.8. The largest absolute Gasteiger partial charge is 0.497 e. The number of carboxylic acids is 1. The molecule has 164 valence electrons. The van der Waals surface area contributed by atoms with Crippen molar-refractivity contribution in [2.75, 3.05) is 18.5 Å². The van der Waals surface area contributed by atoms with Gasteiger partial charge >= 0.3 is 5.97 Å². The molecular weight excluding hydrogens is 456 g/mol. The summed E-state index contributed by atoms with van der Waals surface area (Å²) in [7, 11) is -1.70. The Labute approximate surface area is 179 Å². The van der Waals surface area contributed by atoms with Gasteiger partial charge in [-0.2, -0.15) is 12.8 Å². The second-order valence-corrected chi connectivity index (χ2v) is 8.80. The lowest BCUT2D eigenvalue weighted by Crippen LogP contribution is -2.31. The van der Waals surface area contributed by atoms with E-state index >= 15 is 0 Å². The summed E-state index contributed by atoms with van der Waals surface area (Å²) in [4.78, 5) is 14.8. The fourth-order valence-electron chi connectivity index (χ4n) is 2.70. The van der Waals surface area contributed by atoms with Crippen LogP contribution in [0.3, 0.4) is 0 Å². The Balaban J connectivity index is 2.18. The molecule has 0 saturated carbocycles. The summed E-state index contributed by atoms with van der Waals surface area (Å²) in [6, 6.07) is 5.46. The van der Waals surface area contributed by atoms with Crippen LogP contribution in [0, 0.1) is 11.6 Å². The summed E-state index contributed by atoms with van der Waals surface area (Å²) >= 11 is 0.545. The third-order valence-electron chi connectivity index (χ3n) is 4.20. The first kappa shape index (κ1) is 22.4. The van der Waals surface area contributed by atoms with E-state index in [-0.39, 0.29) is 5.75 Å². The standard InChI is InChI=1S/C18H15F2N3O6S2/c1-28-11-4-3-10(16(5-11)29-2)8-23(31(26,27)18-21-9-22-30-18)15-7-13(19)12(17(24)25)6-14(15)20/h3-7,9H,8H2,1-2H3,(H,24,25). The molecule has 2 aromatic carbocycles. The average Bonchev–Trinajstić information content (AvgIpc) is 3.29. The van der Waals surface area contributed by atoms with Crippen LogP contribution in [0.15, 0.2) is 41.0 Å². The Kier molecular flexibility index (Phi) is 6.36. The van der Waals surface area contributed by atoms with Crippen LogP contribution in [-0.4, -0.2) is 43.1 Å². The minimum absolute atomic E-state index is 0.236. The van der Waals surface area contributed by atoms with Gasteiger partial charge in [-0.15, -0.1) is 0 Å². The highest BCUT2D eigenvalue weighted by Gasteiger charge is 2.32. The highest BCUT2D eigenvalue weighted by atomic mass is 32.2. The molecule has 0 radical (unpaired) electrons. The van der Waals surface area contributed by atoms with Gasteiger partial charge in [0, 0.05) is 17.7 Å². The van der Waals surface area contributed by atoms with Crippen molar-refractivity contribution in [1.29, 1.82) is 0 Å². The molecule has 0 spiro atoms. The van der Waals surface area contributed by atoms with Crippen LogP contribution in [0.4, 0.5) is 14.5 Å². The number of aromatic nitrogens is 2. The second kappa shape index (κ2) is 8.81. The molecule has 1 heterocycles. The van der Waals surface area contributed by atoms with Gasteiger partial charge < -0.3 is 14.6 Å². The number of hydrogen-bond acceptors (Lipinski definition) is 8. The van der Waals surface area contributed by atoms with Gasteiger partial charge in [0.1, 0.15) is 29.5 Å². The number of nitrogens with zero attached hydrogens (tertiary/aromatic N) is 3. The first-order chi connectivity index (χ1) is 14.7. The van der Waals surface area contributed by atoms with Crippen molar-refractivity contribution in [1.82, 2.24) is 9.36 Å². The van der Waals surface area contributed by atoms with Crippen LogP contribution in [0.1, 0.15) is 15.9 Å². The summed E-state index contributed by atoms with van der Waals surface area (Å²) in [5.41, 5.74) is -1.33. The lowest BCUT2D eigenvalue weighted by molar-refractivity contribution is 0.0691. The molecule has 0 amide bonds. The summed E-state index contributed by atoms with van der Waals surface area (Å²) in [6.45, 7) is -0.474. The van der Waals surface area contributed by atoms with Crippen molar-refractivity contribution >= 4 is 33.2 Å². The summed E-state index contributed by atoms with van der Waals surface area (Å²) in [5, 5.41) is 9.00. The maximum atomic E-state index is 14.8. The molecule has 0 aliphatic heterocycles. The van der Waals surface area contributed by atoms with E-state index in [2.05, 4.69) is 9.36 Å². The van der Waals surface area contributed by atoms with Gasteiger partial charge in [-0.3, -0.25) is 4.31 Å². The minimum atomic E-state index is -4.48. The van der Waals surface area contributed by atoms with Gasteiger partial charge in [0.15, 0.2) is 0 Å². The molecular formula is C18H15F2N3O6S2. The number of sulfonamides is 1. The van der Waals surface area contributed by atoms with Gasteiger partial charge in [0.05, 0.1) is 32.0 Å². The topological polar surface area (TPSA) is 119 Å². The van der Waals surface area contributed by atoms with E-state index in [1.165, 1.54) is 32.4 Å². The number of carboxylic acid groups (broad SMARTS) is 1. The number of methoxy groups -OCH3 is 2. The number of aromatic carboxylic acids is 1. The first-order valence-electron chi connectivity index (χ1n) is 8.41. The number of hydrogen-bond donors (Lipinski definition) is 1. The highest BCUT2D eigenvalue weighted by molar-refractivity contribution is 7.94. The van der Waals surface area contributed by atoms with Crippen molar-refractivity contribution in [3.8, 4) is 11.5 Å². The zero-order chi connectivity index (χ0) is 22.8. The van der Waals surface area contributed by atoms with Crippen molar-refractivity contribution < 1.29 is 36.6 Å². The molecule has 0 aliphatic carbocycles. The van der Waals surface area contributed by atoms with Crippen molar-refractivity contribution in [2.45, 2.75) is 10.9 Å². The van der Waals surface area contributed by atoms with Crippen molar-refractivity contribution in [2.24, 2.45) is 0 Å². The van der Waals surface area contributed by atoms with E-state index in [9.17, 15) is 22.0 Å². The predicted molar refractivity (Wildman–Crippen MR) is 106 cm³/mol. The fourth-order valence-corrected chi connectivity index (χ4v) is 4.83. The van der Waals surface area contributed by atoms with Gasteiger partial charge in [0.2, 0.25) is 4.34 Å². The number of rotatable bonds is 8. The molecule has 9 nitrogen and oxygen atoms in total. The molecule has 3 aromatic rings. The predicted octanol–water partition coefficient (Wildman–Crippen LogP) is 2.93. The molecule has 0 fully saturated rings. The molecule has 13 heteroatoms. The van der Waals surface area contributed by atoms with E-state index < -0.39 is 49.8 Å². The molecule has 3 rings (SSSR count). The number of halogens is 2. The third kappa shape index (κ3) is 4.41.